The molecule has 34 heavy (non-hydrogen) atoms. The van der Waals surface area contributed by atoms with Gasteiger partial charge < -0.3 is 14.3 Å². The van der Waals surface area contributed by atoms with E-state index in [4.69, 9.17) is 20.8 Å². The number of hydrogen-bond donors (Lipinski definition) is 1. The topological polar surface area (TPSA) is 97.0 Å². The van der Waals surface area contributed by atoms with Crippen LogP contribution in [0, 0.1) is 0 Å². The van der Waals surface area contributed by atoms with E-state index >= 15 is 0 Å². The summed E-state index contributed by atoms with van der Waals surface area (Å²) in [6.07, 6.45) is 0. The van der Waals surface area contributed by atoms with Gasteiger partial charge in [0.25, 0.3) is 5.91 Å². The zero-order valence-electron chi connectivity index (χ0n) is 17.9. The summed E-state index contributed by atoms with van der Waals surface area (Å²) in [4.78, 5) is 40.6. The molecule has 4 aromatic rings. The first-order chi connectivity index (χ1) is 16.4. The Morgan fingerprint density at radius 1 is 1.06 bits per heavy atom. The minimum absolute atomic E-state index is 0.0518. The molecule has 0 saturated heterocycles. The number of halogens is 1. The average Bonchev–Trinajstić information content (AvgIpc) is 3.13. The van der Waals surface area contributed by atoms with E-state index in [1.54, 1.807) is 55.5 Å². The smallest absolute Gasteiger partial charge is 0.338 e. The van der Waals surface area contributed by atoms with Crippen molar-refractivity contribution in [1.29, 1.82) is 0 Å². The molecule has 5 rings (SSSR count). The highest BCUT2D eigenvalue weighted by molar-refractivity contribution is 6.31. The van der Waals surface area contributed by atoms with Gasteiger partial charge >= 0.3 is 5.97 Å². The molecule has 1 N–H and O–H groups in total. The number of hydrogen-bond acceptors (Lipinski definition) is 6. The van der Waals surface area contributed by atoms with Gasteiger partial charge in [-0.25, -0.2) is 4.79 Å². The molecule has 0 spiro atoms. The number of nitrogens with zero attached hydrogens (tertiary/aromatic N) is 1. The molecule has 1 amide bonds. The van der Waals surface area contributed by atoms with Gasteiger partial charge in [0.15, 0.2) is 5.43 Å². The normalized spacial score (nSPS) is 14.9. The van der Waals surface area contributed by atoms with Gasteiger partial charge in [-0.3, -0.25) is 14.5 Å². The highest BCUT2D eigenvalue weighted by Gasteiger charge is 2.43. The lowest BCUT2D eigenvalue weighted by molar-refractivity contribution is 0.0526. The lowest BCUT2D eigenvalue weighted by Gasteiger charge is -2.25. The summed E-state index contributed by atoms with van der Waals surface area (Å²) in [6, 6.07) is 16.4. The number of ether oxygens (including phenoxy) is 1. The van der Waals surface area contributed by atoms with Crippen molar-refractivity contribution < 1.29 is 23.8 Å². The predicted molar refractivity (Wildman–Crippen MR) is 127 cm³/mol. The largest absolute Gasteiger partial charge is 0.508 e. The van der Waals surface area contributed by atoms with Crippen molar-refractivity contribution in [3.63, 3.8) is 0 Å². The van der Waals surface area contributed by atoms with Gasteiger partial charge in [-0.15, -0.1) is 0 Å². The number of anilines is 1. The summed E-state index contributed by atoms with van der Waals surface area (Å²) in [5.41, 5.74) is 1.48. The van der Waals surface area contributed by atoms with Crippen LogP contribution in [-0.4, -0.2) is 23.6 Å². The highest BCUT2D eigenvalue weighted by atomic mass is 35.5. The summed E-state index contributed by atoms with van der Waals surface area (Å²) in [5.74, 6) is -0.977. The fourth-order valence-corrected chi connectivity index (χ4v) is 4.33. The van der Waals surface area contributed by atoms with E-state index in [0.717, 1.165) is 0 Å². The van der Waals surface area contributed by atoms with E-state index in [1.165, 1.54) is 23.1 Å². The van der Waals surface area contributed by atoms with Crippen molar-refractivity contribution in [3.05, 3.63) is 104 Å². The molecular formula is C26H18ClNO6. The van der Waals surface area contributed by atoms with Crippen LogP contribution in [0.4, 0.5) is 5.69 Å². The maximum atomic E-state index is 13.6. The Bertz CT molecular complexity index is 1490. The summed E-state index contributed by atoms with van der Waals surface area (Å²) >= 11 is 6.10. The molecule has 1 aromatic heterocycles. The molecule has 0 fully saturated rings. The second-order valence-corrected chi connectivity index (χ2v) is 8.19. The van der Waals surface area contributed by atoms with Crippen LogP contribution in [0.15, 0.2) is 75.9 Å². The Morgan fingerprint density at radius 3 is 2.44 bits per heavy atom. The molecule has 0 aliphatic carbocycles. The van der Waals surface area contributed by atoms with Crippen LogP contribution in [0.5, 0.6) is 5.75 Å². The van der Waals surface area contributed by atoms with Crippen LogP contribution in [0.1, 0.15) is 45.0 Å². The van der Waals surface area contributed by atoms with E-state index in [0.29, 0.717) is 21.8 Å². The van der Waals surface area contributed by atoms with Crippen LogP contribution >= 0.6 is 11.6 Å². The summed E-state index contributed by atoms with van der Waals surface area (Å²) in [7, 11) is 0. The van der Waals surface area contributed by atoms with Gasteiger partial charge in [0.1, 0.15) is 11.3 Å². The molecule has 1 aliphatic heterocycles. The van der Waals surface area contributed by atoms with Crippen molar-refractivity contribution in [3.8, 4) is 5.75 Å². The molecule has 8 heteroatoms. The van der Waals surface area contributed by atoms with Gasteiger partial charge in [-0.1, -0.05) is 23.7 Å². The highest BCUT2D eigenvalue weighted by Crippen LogP contribution is 2.41. The third-order valence-corrected chi connectivity index (χ3v) is 5.93. The SMILES string of the molecule is CCOC(=O)c1ccc(N2C(=O)c3oc4ccc(Cl)cc4c(=O)c3C2c2ccc(O)cc2)cc1. The maximum absolute atomic E-state index is 13.6. The van der Waals surface area contributed by atoms with Crippen LogP contribution in [0.3, 0.4) is 0 Å². The lowest BCUT2D eigenvalue weighted by Crippen LogP contribution is -2.29. The van der Waals surface area contributed by atoms with Gasteiger partial charge in [0.05, 0.1) is 29.2 Å². The van der Waals surface area contributed by atoms with Crippen LogP contribution in [0.2, 0.25) is 5.02 Å². The summed E-state index contributed by atoms with van der Waals surface area (Å²) < 4.78 is 10.9. The molecule has 3 aromatic carbocycles. The zero-order chi connectivity index (χ0) is 24.0. The molecule has 2 heterocycles. The molecule has 170 valence electrons. The fraction of sp³-hybridized carbons (Fsp3) is 0.115. The summed E-state index contributed by atoms with van der Waals surface area (Å²) in [6.45, 7) is 1.96. The first kappa shape index (κ1) is 21.7. The second-order valence-electron chi connectivity index (χ2n) is 7.75. The standard InChI is InChI=1S/C26H18ClNO6/c1-2-33-26(32)15-3-8-17(9-4-15)28-22(14-5-10-18(29)11-6-14)21-23(30)19-13-16(27)7-12-20(19)34-24(21)25(28)31/h3-13,22,29H,2H2,1H3. The van der Waals surface area contributed by atoms with Gasteiger partial charge in [-0.05, 0) is 67.1 Å². The first-order valence-electron chi connectivity index (χ1n) is 10.5. The number of phenolic OH excluding ortho intramolecular Hbond substituents is 1. The quantitative estimate of drug-likeness (QED) is 0.413. The van der Waals surface area contributed by atoms with Gasteiger partial charge in [-0.2, -0.15) is 0 Å². The maximum Gasteiger partial charge on any atom is 0.338 e. The van der Waals surface area contributed by atoms with Crippen molar-refractivity contribution in [2.45, 2.75) is 13.0 Å². The second kappa shape index (κ2) is 8.35. The number of rotatable bonds is 4. The number of carbonyl (C=O) groups excluding carboxylic acids is 2. The van der Waals surface area contributed by atoms with Crippen molar-refractivity contribution in [2.75, 3.05) is 11.5 Å². The Kier molecular flexibility index (Phi) is 5.34. The monoisotopic (exact) mass is 475 g/mol. The number of phenols is 1. The third kappa shape index (κ3) is 3.50. The van der Waals surface area contributed by atoms with E-state index in [-0.39, 0.29) is 40.1 Å². The van der Waals surface area contributed by atoms with E-state index in [2.05, 4.69) is 0 Å². The molecule has 0 bridgehead atoms. The number of carbonyl (C=O) groups is 2. The van der Waals surface area contributed by atoms with Crippen LogP contribution in [0.25, 0.3) is 11.0 Å². The Balaban J connectivity index is 1.70. The molecular weight excluding hydrogens is 458 g/mol. The van der Waals surface area contributed by atoms with Crippen molar-refractivity contribution in [2.24, 2.45) is 0 Å². The minimum Gasteiger partial charge on any atom is -0.508 e. The fourth-order valence-electron chi connectivity index (χ4n) is 4.16. The first-order valence-corrected chi connectivity index (χ1v) is 10.9. The zero-order valence-corrected chi connectivity index (χ0v) is 18.7. The van der Waals surface area contributed by atoms with E-state index < -0.39 is 17.9 Å². The molecule has 1 aliphatic rings. The number of esters is 1. The summed E-state index contributed by atoms with van der Waals surface area (Å²) in [5, 5.41) is 10.4. The Labute approximate surface area is 198 Å². The van der Waals surface area contributed by atoms with E-state index in [1.807, 2.05) is 0 Å². The molecule has 1 atom stereocenters. The molecule has 0 radical (unpaired) electrons. The van der Waals surface area contributed by atoms with Crippen molar-refractivity contribution >= 4 is 40.1 Å². The minimum atomic E-state index is -0.809. The van der Waals surface area contributed by atoms with Gasteiger partial charge in [0, 0.05) is 10.7 Å². The number of aromatic hydroxyl groups is 1. The molecule has 7 nitrogen and oxygen atoms in total. The molecule has 0 saturated carbocycles. The van der Waals surface area contributed by atoms with Crippen molar-refractivity contribution in [1.82, 2.24) is 0 Å². The van der Waals surface area contributed by atoms with Gasteiger partial charge in [0.2, 0.25) is 5.76 Å². The van der Waals surface area contributed by atoms with E-state index in [9.17, 15) is 19.5 Å². The number of fused-ring (bicyclic) bond motifs is 2. The third-order valence-electron chi connectivity index (χ3n) is 5.70. The Hall–Kier alpha value is -4.10. The number of amides is 1. The van der Waals surface area contributed by atoms with Crippen LogP contribution < -0.4 is 10.3 Å². The molecule has 1 unspecified atom stereocenters. The van der Waals surface area contributed by atoms with Crippen LogP contribution in [-0.2, 0) is 4.74 Å². The number of benzene rings is 3. The average molecular weight is 476 g/mol. The predicted octanol–water partition coefficient (Wildman–Crippen LogP) is 5.08. The Morgan fingerprint density at radius 2 is 1.76 bits per heavy atom. The lowest BCUT2D eigenvalue weighted by atomic mass is 9.98.